The molecule has 19 heavy (non-hydrogen) atoms. The van der Waals surface area contributed by atoms with Crippen LogP contribution in [-0.2, 0) is 4.79 Å². The Hall–Kier alpha value is -2.31. The zero-order valence-corrected chi connectivity index (χ0v) is 10.4. The highest BCUT2D eigenvalue weighted by atomic mass is 19.1. The van der Waals surface area contributed by atoms with Crippen LogP contribution in [0.4, 0.5) is 15.8 Å². The molecule has 6 nitrogen and oxygen atoms in total. The number of amides is 1. The topological polar surface area (TPSA) is 86.9 Å². The lowest BCUT2D eigenvalue weighted by atomic mass is 10.1. The number of likely N-dealkylation sites (N-methyl/N-ethyl adjacent to an activating group) is 1. The van der Waals surface area contributed by atoms with E-state index in [1.54, 1.807) is 11.9 Å². The summed E-state index contributed by atoms with van der Waals surface area (Å²) < 4.78 is 13.9. The number of nitrogens with zero attached hydrogens (tertiary/aromatic N) is 2. The SMILES string of the molecule is CN1CCN(c2cc(C(=O)O)c(N)cc2F)CC1=O. The summed E-state index contributed by atoms with van der Waals surface area (Å²) in [6.07, 6.45) is 0. The summed E-state index contributed by atoms with van der Waals surface area (Å²) in [6.45, 7) is 0.934. The minimum absolute atomic E-state index is 0.0242. The van der Waals surface area contributed by atoms with E-state index in [1.165, 1.54) is 11.0 Å². The Kier molecular flexibility index (Phi) is 3.28. The predicted molar refractivity (Wildman–Crippen MR) is 67.6 cm³/mol. The average Bonchev–Trinajstić information content (AvgIpc) is 2.32. The van der Waals surface area contributed by atoms with Gasteiger partial charge in [0, 0.05) is 25.8 Å². The third kappa shape index (κ3) is 2.44. The van der Waals surface area contributed by atoms with Crippen molar-refractivity contribution in [3.8, 4) is 0 Å². The zero-order chi connectivity index (χ0) is 14.2. The van der Waals surface area contributed by atoms with E-state index in [-0.39, 0.29) is 29.4 Å². The number of aromatic carboxylic acids is 1. The first-order chi connectivity index (χ1) is 8.90. The molecule has 102 valence electrons. The lowest BCUT2D eigenvalue weighted by molar-refractivity contribution is -0.129. The largest absolute Gasteiger partial charge is 0.478 e. The van der Waals surface area contributed by atoms with Crippen molar-refractivity contribution in [3.63, 3.8) is 0 Å². The molecule has 1 aliphatic rings. The third-order valence-electron chi connectivity index (χ3n) is 3.15. The van der Waals surface area contributed by atoms with Gasteiger partial charge >= 0.3 is 5.97 Å². The number of piperazine rings is 1. The van der Waals surface area contributed by atoms with E-state index < -0.39 is 11.8 Å². The van der Waals surface area contributed by atoms with Gasteiger partial charge in [0.05, 0.1) is 17.8 Å². The van der Waals surface area contributed by atoms with Crippen molar-refractivity contribution in [3.05, 3.63) is 23.5 Å². The standard InChI is InChI=1S/C12H14FN3O3/c1-15-2-3-16(6-11(15)17)10-4-7(12(18)19)9(14)5-8(10)13/h4-5H,2-3,6,14H2,1H3,(H,18,19). The third-order valence-corrected chi connectivity index (χ3v) is 3.15. The first-order valence-electron chi connectivity index (χ1n) is 5.71. The van der Waals surface area contributed by atoms with Crippen LogP contribution in [0, 0.1) is 5.82 Å². The second-order valence-electron chi connectivity index (χ2n) is 4.43. The van der Waals surface area contributed by atoms with Crippen LogP contribution in [0.15, 0.2) is 12.1 Å². The quantitative estimate of drug-likeness (QED) is 0.757. The number of nitrogen functional groups attached to an aromatic ring is 1. The van der Waals surface area contributed by atoms with Gasteiger partial charge in [0.2, 0.25) is 5.91 Å². The van der Waals surface area contributed by atoms with E-state index in [0.717, 1.165) is 6.07 Å². The maximum atomic E-state index is 13.9. The fourth-order valence-corrected chi connectivity index (χ4v) is 1.97. The summed E-state index contributed by atoms with van der Waals surface area (Å²) in [4.78, 5) is 25.6. The molecule has 1 amide bonds. The smallest absolute Gasteiger partial charge is 0.337 e. The van der Waals surface area contributed by atoms with E-state index in [0.29, 0.717) is 13.1 Å². The first-order valence-corrected chi connectivity index (χ1v) is 5.71. The summed E-state index contributed by atoms with van der Waals surface area (Å²) in [6, 6.07) is 2.15. The van der Waals surface area contributed by atoms with Crippen LogP contribution in [0.1, 0.15) is 10.4 Å². The van der Waals surface area contributed by atoms with E-state index in [2.05, 4.69) is 0 Å². The normalized spacial score (nSPS) is 15.8. The van der Waals surface area contributed by atoms with Gasteiger partial charge in [-0.2, -0.15) is 0 Å². The van der Waals surface area contributed by atoms with Crippen LogP contribution in [0.5, 0.6) is 0 Å². The summed E-state index contributed by atoms with van der Waals surface area (Å²) in [7, 11) is 1.67. The molecule has 0 saturated carbocycles. The Labute approximate surface area is 109 Å². The fourth-order valence-electron chi connectivity index (χ4n) is 1.97. The van der Waals surface area contributed by atoms with Crippen molar-refractivity contribution in [1.29, 1.82) is 0 Å². The van der Waals surface area contributed by atoms with Crippen LogP contribution in [0.2, 0.25) is 0 Å². The molecule has 0 bridgehead atoms. The molecule has 3 N–H and O–H groups in total. The molecule has 0 atom stereocenters. The molecular weight excluding hydrogens is 253 g/mol. The summed E-state index contributed by atoms with van der Waals surface area (Å²) in [5, 5.41) is 8.98. The van der Waals surface area contributed by atoms with Crippen LogP contribution >= 0.6 is 0 Å². The van der Waals surface area contributed by atoms with Crippen LogP contribution in [0.25, 0.3) is 0 Å². The van der Waals surface area contributed by atoms with Crippen molar-refractivity contribution in [1.82, 2.24) is 4.90 Å². The van der Waals surface area contributed by atoms with Crippen molar-refractivity contribution in [2.45, 2.75) is 0 Å². The van der Waals surface area contributed by atoms with Crippen LogP contribution < -0.4 is 10.6 Å². The van der Waals surface area contributed by atoms with E-state index in [1.807, 2.05) is 0 Å². The number of halogens is 1. The van der Waals surface area contributed by atoms with Gasteiger partial charge in [-0.25, -0.2) is 9.18 Å². The number of benzene rings is 1. The summed E-state index contributed by atoms with van der Waals surface area (Å²) in [5.74, 6) is -1.99. The molecule has 1 aliphatic heterocycles. The molecule has 1 aromatic carbocycles. The van der Waals surface area contributed by atoms with E-state index in [9.17, 15) is 14.0 Å². The molecule has 1 aromatic rings. The highest BCUT2D eigenvalue weighted by Gasteiger charge is 2.24. The minimum Gasteiger partial charge on any atom is -0.478 e. The number of carboxylic acid groups (broad SMARTS) is 1. The molecule has 1 fully saturated rings. The molecule has 0 radical (unpaired) electrons. The zero-order valence-electron chi connectivity index (χ0n) is 10.4. The fraction of sp³-hybridized carbons (Fsp3) is 0.333. The lowest BCUT2D eigenvalue weighted by Crippen LogP contribution is -2.48. The molecule has 2 rings (SSSR count). The van der Waals surface area contributed by atoms with Gasteiger partial charge in [-0.3, -0.25) is 4.79 Å². The summed E-state index contributed by atoms with van der Waals surface area (Å²) >= 11 is 0. The maximum Gasteiger partial charge on any atom is 0.337 e. The Morgan fingerprint density at radius 2 is 2.11 bits per heavy atom. The van der Waals surface area contributed by atoms with Gasteiger partial charge in [0.15, 0.2) is 0 Å². The predicted octanol–water partition coefficient (Wildman–Crippen LogP) is 0.384. The molecule has 0 aliphatic carbocycles. The number of rotatable bonds is 2. The van der Waals surface area contributed by atoms with Crippen LogP contribution in [-0.4, -0.2) is 48.6 Å². The number of carbonyl (C=O) groups excluding carboxylic acids is 1. The highest BCUT2D eigenvalue weighted by molar-refractivity contribution is 5.95. The number of nitrogens with two attached hydrogens (primary N) is 1. The van der Waals surface area contributed by atoms with Crippen molar-refractivity contribution >= 4 is 23.3 Å². The second-order valence-corrected chi connectivity index (χ2v) is 4.43. The number of hydrogen-bond acceptors (Lipinski definition) is 4. The monoisotopic (exact) mass is 267 g/mol. The minimum atomic E-state index is -1.22. The van der Waals surface area contributed by atoms with Gasteiger partial charge in [-0.15, -0.1) is 0 Å². The van der Waals surface area contributed by atoms with Crippen molar-refractivity contribution < 1.29 is 19.1 Å². The van der Waals surface area contributed by atoms with Crippen molar-refractivity contribution in [2.75, 3.05) is 37.3 Å². The van der Waals surface area contributed by atoms with Gasteiger partial charge in [-0.05, 0) is 12.1 Å². The van der Waals surface area contributed by atoms with Gasteiger partial charge in [-0.1, -0.05) is 0 Å². The highest BCUT2D eigenvalue weighted by Crippen LogP contribution is 2.26. The molecule has 0 spiro atoms. The maximum absolute atomic E-state index is 13.9. The first kappa shape index (κ1) is 13.1. The number of carboxylic acids is 1. The van der Waals surface area contributed by atoms with E-state index >= 15 is 0 Å². The van der Waals surface area contributed by atoms with Crippen molar-refractivity contribution in [2.24, 2.45) is 0 Å². The Bertz CT molecular complexity index is 547. The molecule has 0 aromatic heterocycles. The Morgan fingerprint density at radius 1 is 1.42 bits per heavy atom. The molecule has 0 unspecified atom stereocenters. The molecule has 7 heteroatoms. The molecular formula is C12H14FN3O3. The average molecular weight is 267 g/mol. The van der Waals surface area contributed by atoms with Gasteiger partial charge in [0.1, 0.15) is 5.82 Å². The van der Waals surface area contributed by atoms with Gasteiger partial charge < -0.3 is 20.6 Å². The molecule has 1 heterocycles. The van der Waals surface area contributed by atoms with E-state index in [4.69, 9.17) is 10.8 Å². The summed E-state index contributed by atoms with van der Waals surface area (Å²) in [5.41, 5.74) is 5.25. The van der Waals surface area contributed by atoms with Gasteiger partial charge in [0.25, 0.3) is 0 Å². The number of anilines is 2. The Balaban J connectivity index is 2.37. The Morgan fingerprint density at radius 3 is 2.68 bits per heavy atom. The second kappa shape index (κ2) is 4.75. The lowest BCUT2D eigenvalue weighted by Gasteiger charge is -2.33. The molecule has 1 saturated heterocycles. The number of hydrogen-bond donors (Lipinski definition) is 2. The van der Waals surface area contributed by atoms with Crippen LogP contribution in [0.3, 0.4) is 0 Å². The number of carbonyl (C=O) groups is 2.